The summed E-state index contributed by atoms with van der Waals surface area (Å²) >= 11 is 5.36. The first-order valence-corrected chi connectivity index (χ1v) is 12.0. The fraction of sp³-hybridized carbons (Fsp3) is 0. The van der Waals surface area contributed by atoms with Crippen LogP contribution < -0.4 is 0 Å². The van der Waals surface area contributed by atoms with Crippen molar-refractivity contribution in [1.82, 2.24) is 9.97 Å². The number of fused-ring (bicyclic) bond motifs is 3. The van der Waals surface area contributed by atoms with Crippen molar-refractivity contribution in [2.75, 3.05) is 0 Å². The van der Waals surface area contributed by atoms with Crippen molar-refractivity contribution in [2.45, 2.75) is 0 Å². The molecule has 32 heavy (non-hydrogen) atoms. The lowest BCUT2D eigenvalue weighted by Crippen LogP contribution is -1.92. The number of nitrogens with zero attached hydrogens (tertiary/aromatic N) is 2. The molecule has 152 valence electrons. The van der Waals surface area contributed by atoms with Gasteiger partial charge in [-0.3, -0.25) is 0 Å². The molecule has 0 fully saturated rings. The second-order valence-electron chi connectivity index (χ2n) is 7.63. The van der Waals surface area contributed by atoms with E-state index in [4.69, 9.17) is 0 Å². The summed E-state index contributed by atoms with van der Waals surface area (Å²) in [6.07, 6.45) is 0. The molecule has 2 aromatic heterocycles. The van der Waals surface area contributed by atoms with E-state index >= 15 is 0 Å². The fourth-order valence-electron chi connectivity index (χ4n) is 4.14. The molecule has 0 aliphatic rings. The first-order valence-electron chi connectivity index (χ1n) is 10.4. The average Bonchev–Trinajstić information content (AvgIpc) is 3.23. The zero-order chi connectivity index (χ0) is 21.5. The second-order valence-corrected chi connectivity index (χ2v) is 9.40. The van der Waals surface area contributed by atoms with Crippen LogP contribution in [-0.2, 0) is 0 Å². The molecule has 6 aromatic rings. The number of hydrogen-bond donors (Lipinski definition) is 0. The standard InChI is InChI=1S/C28H17BrN2S/c29-28-30-24(18-8-2-1-3-9-18)17-25(31-28)20-11-6-10-19(16-20)21-13-7-14-23-22-12-4-5-15-26(22)32-27(21)23/h1-17H. The maximum absolute atomic E-state index is 4.67. The van der Waals surface area contributed by atoms with Crippen LogP contribution in [0.25, 0.3) is 53.8 Å². The molecule has 4 aromatic carbocycles. The molecule has 0 N–H and O–H groups in total. The number of aromatic nitrogens is 2. The van der Waals surface area contributed by atoms with Crippen LogP contribution in [-0.4, -0.2) is 9.97 Å². The number of thiophene rings is 1. The van der Waals surface area contributed by atoms with E-state index in [0.29, 0.717) is 4.73 Å². The Bertz CT molecular complexity index is 1590. The Morgan fingerprint density at radius 1 is 0.562 bits per heavy atom. The lowest BCUT2D eigenvalue weighted by Gasteiger charge is -2.09. The van der Waals surface area contributed by atoms with Gasteiger partial charge in [0.05, 0.1) is 11.4 Å². The fourth-order valence-corrected chi connectivity index (χ4v) is 5.76. The zero-order valence-electron chi connectivity index (χ0n) is 17.0. The van der Waals surface area contributed by atoms with Gasteiger partial charge in [0.25, 0.3) is 0 Å². The summed E-state index contributed by atoms with van der Waals surface area (Å²) < 4.78 is 3.23. The van der Waals surface area contributed by atoms with E-state index in [2.05, 4.69) is 111 Å². The Hall–Kier alpha value is -3.34. The second kappa shape index (κ2) is 7.97. The van der Waals surface area contributed by atoms with Gasteiger partial charge < -0.3 is 0 Å². The third-order valence-electron chi connectivity index (χ3n) is 5.64. The maximum Gasteiger partial charge on any atom is 0.197 e. The molecule has 0 bridgehead atoms. The molecule has 4 heteroatoms. The Morgan fingerprint density at radius 2 is 1.22 bits per heavy atom. The molecule has 0 amide bonds. The highest BCUT2D eigenvalue weighted by atomic mass is 79.9. The number of halogens is 1. The predicted molar refractivity (Wildman–Crippen MR) is 139 cm³/mol. The molecule has 0 spiro atoms. The molecule has 0 atom stereocenters. The lowest BCUT2D eigenvalue weighted by molar-refractivity contribution is 1.12. The Morgan fingerprint density at radius 3 is 2.09 bits per heavy atom. The van der Waals surface area contributed by atoms with Gasteiger partial charge in [-0.15, -0.1) is 11.3 Å². The van der Waals surface area contributed by atoms with Crippen LogP contribution in [0.4, 0.5) is 0 Å². The van der Waals surface area contributed by atoms with Gasteiger partial charge in [-0.05, 0) is 45.3 Å². The van der Waals surface area contributed by atoms with Crippen molar-refractivity contribution in [2.24, 2.45) is 0 Å². The monoisotopic (exact) mass is 492 g/mol. The van der Waals surface area contributed by atoms with Gasteiger partial charge in [0.1, 0.15) is 0 Å². The highest BCUT2D eigenvalue weighted by Gasteiger charge is 2.12. The van der Waals surface area contributed by atoms with Crippen molar-refractivity contribution >= 4 is 47.4 Å². The van der Waals surface area contributed by atoms with Crippen molar-refractivity contribution in [3.8, 4) is 33.6 Å². The predicted octanol–water partition coefficient (Wildman–Crippen LogP) is 8.61. The summed E-state index contributed by atoms with van der Waals surface area (Å²) in [6.45, 7) is 0. The molecule has 0 unspecified atom stereocenters. The van der Waals surface area contributed by atoms with E-state index in [1.807, 2.05) is 29.5 Å². The molecule has 6 rings (SSSR count). The number of benzene rings is 4. The highest BCUT2D eigenvalue weighted by molar-refractivity contribution is 9.10. The van der Waals surface area contributed by atoms with Crippen molar-refractivity contribution in [1.29, 1.82) is 0 Å². The first kappa shape index (κ1) is 19.4. The van der Waals surface area contributed by atoms with Crippen LogP contribution in [0, 0.1) is 0 Å². The van der Waals surface area contributed by atoms with E-state index in [1.165, 1.54) is 31.3 Å². The van der Waals surface area contributed by atoms with E-state index < -0.39 is 0 Å². The topological polar surface area (TPSA) is 25.8 Å². The molecular formula is C28H17BrN2S. The third-order valence-corrected chi connectivity index (χ3v) is 7.22. The molecular weight excluding hydrogens is 476 g/mol. The number of hydrogen-bond acceptors (Lipinski definition) is 3. The van der Waals surface area contributed by atoms with Gasteiger partial charge in [-0.25, -0.2) is 9.97 Å². The van der Waals surface area contributed by atoms with Crippen LogP contribution in [0.2, 0.25) is 0 Å². The van der Waals surface area contributed by atoms with Crippen LogP contribution in [0.3, 0.4) is 0 Å². The number of rotatable bonds is 3. The SMILES string of the molecule is Brc1nc(-c2ccccc2)cc(-c2cccc(-c3cccc4c3sc3ccccc34)c2)n1. The van der Waals surface area contributed by atoms with E-state index in [-0.39, 0.29) is 0 Å². The van der Waals surface area contributed by atoms with Gasteiger partial charge in [-0.1, -0.05) is 84.9 Å². The van der Waals surface area contributed by atoms with Gasteiger partial charge >= 0.3 is 0 Å². The van der Waals surface area contributed by atoms with Crippen molar-refractivity contribution in [3.63, 3.8) is 0 Å². The highest BCUT2D eigenvalue weighted by Crippen LogP contribution is 2.40. The van der Waals surface area contributed by atoms with Crippen LogP contribution in [0.1, 0.15) is 0 Å². The summed E-state index contributed by atoms with van der Waals surface area (Å²) in [7, 11) is 0. The normalized spacial score (nSPS) is 11.3. The summed E-state index contributed by atoms with van der Waals surface area (Å²) in [6, 6.07) is 36.1. The molecule has 0 aliphatic heterocycles. The van der Waals surface area contributed by atoms with Crippen molar-refractivity contribution in [3.05, 3.63) is 108 Å². The van der Waals surface area contributed by atoms with E-state index in [9.17, 15) is 0 Å². The third kappa shape index (κ3) is 3.42. The van der Waals surface area contributed by atoms with Gasteiger partial charge in [0.15, 0.2) is 4.73 Å². The quantitative estimate of drug-likeness (QED) is 0.231. The molecule has 2 nitrogen and oxygen atoms in total. The minimum absolute atomic E-state index is 0.589. The smallest absolute Gasteiger partial charge is 0.197 e. The van der Waals surface area contributed by atoms with Crippen LogP contribution in [0.15, 0.2) is 108 Å². The first-order chi connectivity index (χ1) is 15.8. The maximum atomic E-state index is 4.67. The Balaban J connectivity index is 1.50. The Labute approximate surface area is 198 Å². The minimum atomic E-state index is 0.589. The van der Waals surface area contributed by atoms with Gasteiger partial charge in [-0.2, -0.15) is 0 Å². The van der Waals surface area contributed by atoms with Crippen LogP contribution >= 0.6 is 27.3 Å². The summed E-state index contributed by atoms with van der Waals surface area (Å²) in [4.78, 5) is 9.25. The minimum Gasteiger partial charge on any atom is -0.222 e. The van der Waals surface area contributed by atoms with Gasteiger partial charge in [0, 0.05) is 31.3 Å². The molecule has 2 heterocycles. The molecule has 0 aliphatic carbocycles. The molecule has 0 saturated carbocycles. The Kier molecular flexibility index (Phi) is 4.82. The van der Waals surface area contributed by atoms with Crippen LogP contribution in [0.5, 0.6) is 0 Å². The van der Waals surface area contributed by atoms with Gasteiger partial charge in [0.2, 0.25) is 0 Å². The summed E-state index contributed by atoms with van der Waals surface area (Å²) in [5.74, 6) is 0. The summed E-state index contributed by atoms with van der Waals surface area (Å²) in [5.41, 5.74) is 6.39. The zero-order valence-corrected chi connectivity index (χ0v) is 19.4. The molecule has 0 saturated heterocycles. The summed E-state index contributed by atoms with van der Waals surface area (Å²) in [5, 5.41) is 2.63. The largest absolute Gasteiger partial charge is 0.222 e. The molecule has 0 radical (unpaired) electrons. The van der Waals surface area contributed by atoms with E-state index in [1.54, 1.807) is 0 Å². The average molecular weight is 493 g/mol. The lowest BCUT2D eigenvalue weighted by atomic mass is 9.99. The van der Waals surface area contributed by atoms with Crippen molar-refractivity contribution < 1.29 is 0 Å². The van der Waals surface area contributed by atoms with E-state index in [0.717, 1.165) is 22.5 Å².